The van der Waals surface area contributed by atoms with Crippen LogP contribution in [0.25, 0.3) is 0 Å². The first-order valence-electron chi connectivity index (χ1n) is 30.5. The number of nitrogens with zero attached hydrogens (tertiary/aromatic N) is 3. The molecule has 0 aromatic heterocycles. The van der Waals surface area contributed by atoms with Crippen LogP contribution in [0.5, 0.6) is 0 Å². The molecule has 9 atom stereocenters. The smallest absolute Gasteiger partial charge is 0.329 e. The number of imide groups is 4. The van der Waals surface area contributed by atoms with Crippen LogP contribution in [0.15, 0.2) is 0 Å². The summed E-state index contributed by atoms with van der Waals surface area (Å²) >= 11 is 0. The molecule has 4 fully saturated rings. The number of aliphatic carboxylic acids is 3. The van der Waals surface area contributed by atoms with E-state index < -0.39 is 195 Å². The molecular formula is C56H86N14O20. The predicted molar refractivity (Wildman–Crippen MR) is 311 cm³/mol. The van der Waals surface area contributed by atoms with Crippen LogP contribution in [0, 0.1) is 5.92 Å². The van der Waals surface area contributed by atoms with Crippen LogP contribution in [0.4, 0.5) is 19.2 Å². The molecule has 4 rings (SSSR count). The maximum absolute atomic E-state index is 15.0. The Bertz CT molecular complexity index is 2690. The average Bonchev–Trinajstić information content (AvgIpc) is 1.82. The van der Waals surface area contributed by atoms with Gasteiger partial charge in [-0.25, -0.2) is 19.2 Å². The van der Waals surface area contributed by atoms with E-state index in [0.717, 1.165) is 61.2 Å². The van der Waals surface area contributed by atoms with E-state index in [1.165, 1.54) is 4.90 Å². The number of carboxylic acid groups (broad SMARTS) is 3. The van der Waals surface area contributed by atoms with E-state index in [2.05, 4.69) is 33.5 Å². The van der Waals surface area contributed by atoms with Gasteiger partial charge >= 0.3 is 42.0 Å². The van der Waals surface area contributed by atoms with E-state index in [1.54, 1.807) is 24.5 Å². The molecule has 500 valence electrons. The van der Waals surface area contributed by atoms with Gasteiger partial charge in [0.15, 0.2) is 0 Å². The number of carboxylic acids is 3. The zero-order valence-corrected chi connectivity index (χ0v) is 50.9. The summed E-state index contributed by atoms with van der Waals surface area (Å²) in [5.41, 5.74) is 5.43. The number of carbonyl (C=O) groups is 17. The van der Waals surface area contributed by atoms with E-state index in [9.17, 15) is 96.8 Å². The number of unbranched alkanes of at least 4 members (excludes halogenated alkanes) is 8. The zero-order valence-electron chi connectivity index (χ0n) is 50.9. The highest BCUT2D eigenvalue weighted by atomic mass is 16.4. The normalized spacial score (nSPS) is 24.9. The number of nitrogens with two attached hydrogens (primary N) is 1. The Balaban J connectivity index is 1.75. The fraction of sp³-hybridized carbons (Fsp3) is 0.696. The maximum Gasteiger partial charge on any atom is 0.329 e. The van der Waals surface area contributed by atoms with E-state index >= 15 is 0 Å². The van der Waals surface area contributed by atoms with Crippen LogP contribution < -0.4 is 58.9 Å². The van der Waals surface area contributed by atoms with Crippen molar-refractivity contribution in [1.29, 1.82) is 0 Å². The van der Waals surface area contributed by atoms with Crippen molar-refractivity contribution in [2.24, 2.45) is 11.7 Å². The Morgan fingerprint density at radius 1 is 0.489 bits per heavy atom. The van der Waals surface area contributed by atoms with Gasteiger partial charge in [0.2, 0.25) is 41.4 Å². The summed E-state index contributed by atoms with van der Waals surface area (Å²) in [5.74, 6) is -15.4. The van der Waals surface area contributed by atoms with Gasteiger partial charge in [0.25, 0.3) is 17.7 Å². The quantitative estimate of drug-likeness (QED) is 0.0503. The van der Waals surface area contributed by atoms with Crippen molar-refractivity contribution in [2.75, 3.05) is 19.6 Å². The standard InChI is InChI=1S/C56H86N14O20/c1-4-5-6-7-8-9-10-11-12-17-41(72)58-31-27-39-49(83)60-32(18-21-40(57)71)45(79)64-54(88)63-36(28-44(77)78)51(85)68-24-13-15-37(68)48(82)59-33(19-22-42(73)74)46(80)66-56(90)67-55(89)61-34(20-23-43(75)76)47(81)65-53(87)62-35(26-30(2)3)50(84)69-25-14-16-38(69)52(86)70(39)29-31/h30-39H,4-29H2,1-3H3,(H2,57,71)(H,58,72)(H,59,82)(H,60,83)(H,73,74)(H,75,76)(H,77,78)(H2,62,65,81,87)(H2,63,64,79,88)(H3,61,66,67,80,89,90)/t31-,32-,33+,34-,35+,36-,37-,38+,39-/m0/s1. The molecule has 34 heteroatoms. The first-order valence-corrected chi connectivity index (χ1v) is 30.5. The number of primary amides is 1. The van der Waals surface area contributed by atoms with Gasteiger partial charge in [-0.3, -0.25) is 83.6 Å². The van der Waals surface area contributed by atoms with Crippen LogP contribution in [0.2, 0.25) is 0 Å². The molecule has 0 saturated carbocycles. The van der Waals surface area contributed by atoms with Crippen LogP contribution in [0.1, 0.15) is 168 Å². The Kier molecular flexibility index (Phi) is 29.8. The number of nitrogens with one attached hydrogen (secondary N) is 10. The van der Waals surface area contributed by atoms with Crippen LogP contribution >= 0.6 is 0 Å². The van der Waals surface area contributed by atoms with Crippen LogP contribution in [-0.2, 0) is 62.3 Å². The van der Waals surface area contributed by atoms with Crippen molar-refractivity contribution in [1.82, 2.24) is 67.9 Å². The molecule has 4 heterocycles. The maximum atomic E-state index is 15.0. The van der Waals surface area contributed by atoms with Gasteiger partial charge < -0.3 is 67.7 Å². The van der Waals surface area contributed by atoms with Crippen molar-refractivity contribution < 1.29 is 96.8 Å². The number of carbonyl (C=O) groups excluding carboxylic acids is 14. The lowest BCUT2D eigenvalue weighted by Crippen LogP contribution is -2.60. The van der Waals surface area contributed by atoms with Gasteiger partial charge in [-0.2, -0.15) is 0 Å². The molecule has 0 aliphatic carbocycles. The Labute approximate surface area is 518 Å². The highest BCUT2D eigenvalue weighted by Gasteiger charge is 2.48. The molecule has 0 aromatic carbocycles. The second kappa shape index (κ2) is 36.5. The predicted octanol–water partition coefficient (Wildman–Crippen LogP) is -1.23. The molecule has 15 N–H and O–H groups in total. The van der Waals surface area contributed by atoms with E-state index in [1.807, 2.05) is 16.0 Å². The van der Waals surface area contributed by atoms with Crippen molar-refractivity contribution in [3.63, 3.8) is 0 Å². The molecule has 0 bridgehead atoms. The summed E-state index contributed by atoms with van der Waals surface area (Å²) in [5, 5.41) is 49.9. The van der Waals surface area contributed by atoms with Crippen molar-refractivity contribution in [2.45, 2.75) is 223 Å². The molecule has 0 spiro atoms. The van der Waals surface area contributed by atoms with Crippen molar-refractivity contribution in [3.8, 4) is 0 Å². The van der Waals surface area contributed by atoms with Crippen molar-refractivity contribution >= 4 is 101 Å². The summed E-state index contributed by atoms with van der Waals surface area (Å²) in [6, 6.07) is -20.4. The van der Waals surface area contributed by atoms with Gasteiger partial charge in [-0.1, -0.05) is 72.1 Å². The van der Waals surface area contributed by atoms with Gasteiger partial charge in [-0.15, -0.1) is 0 Å². The summed E-state index contributed by atoms with van der Waals surface area (Å²) in [6.07, 6.45) is 3.48. The Hall–Kier alpha value is -9.01. The number of amides is 18. The van der Waals surface area contributed by atoms with Gasteiger partial charge in [-0.05, 0) is 70.1 Å². The minimum atomic E-state index is -2.03. The average molecular weight is 1280 g/mol. The molecule has 4 saturated heterocycles. The molecule has 0 radical (unpaired) electrons. The lowest BCUT2D eigenvalue weighted by Gasteiger charge is -2.33. The van der Waals surface area contributed by atoms with Crippen molar-refractivity contribution in [3.05, 3.63) is 0 Å². The van der Waals surface area contributed by atoms with Crippen LogP contribution in [0.3, 0.4) is 0 Å². The monoisotopic (exact) mass is 1270 g/mol. The Morgan fingerprint density at radius 2 is 0.933 bits per heavy atom. The number of hydrogen-bond donors (Lipinski definition) is 14. The van der Waals surface area contributed by atoms with Crippen LogP contribution in [-0.4, -0.2) is 205 Å². The molecule has 34 nitrogen and oxygen atoms in total. The summed E-state index contributed by atoms with van der Waals surface area (Å²) in [6.45, 7) is 4.91. The molecule has 0 unspecified atom stereocenters. The fourth-order valence-electron chi connectivity index (χ4n) is 11.1. The third-order valence-corrected chi connectivity index (χ3v) is 15.5. The largest absolute Gasteiger partial charge is 0.481 e. The number of urea groups is 4. The van der Waals surface area contributed by atoms with Gasteiger partial charge in [0.05, 0.1) is 6.42 Å². The second-order valence-electron chi connectivity index (χ2n) is 23.2. The first kappa shape index (κ1) is 73.5. The summed E-state index contributed by atoms with van der Waals surface area (Å²) in [7, 11) is 0. The van der Waals surface area contributed by atoms with E-state index in [4.69, 9.17) is 5.73 Å². The summed E-state index contributed by atoms with van der Waals surface area (Å²) < 4.78 is 0. The van der Waals surface area contributed by atoms with E-state index in [0.29, 0.717) is 6.42 Å². The third kappa shape index (κ3) is 24.2. The minimum absolute atomic E-state index is 0.0242. The number of fused-ring (bicyclic) bond motifs is 3. The molecule has 18 amide bonds. The SMILES string of the molecule is CCCCCCCCCCCC(=O)N[C@H]1C[C@H]2C(=O)N[C@@H](CCC(N)=O)C(=O)NC(=O)N[C@@H](CC(=O)O)C(=O)N3CCC[C@H]3C(=O)N[C@H](CCC(=O)O)C(=O)NC(=O)NC(=O)N[C@@H](CCC(=O)O)C(=O)NC(=O)N[C@H](CC(C)C)C(=O)N3CCC[C@@H]3C(=O)N2C1. The highest BCUT2D eigenvalue weighted by molar-refractivity contribution is 6.07. The second-order valence-corrected chi connectivity index (χ2v) is 23.2. The molecule has 90 heavy (non-hydrogen) atoms. The first-order chi connectivity index (χ1) is 42.6. The van der Waals surface area contributed by atoms with Gasteiger partial charge in [0, 0.05) is 51.4 Å². The lowest BCUT2D eigenvalue weighted by atomic mass is 10.0. The minimum Gasteiger partial charge on any atom is -0.481 e. The molecule has 4 aliphatic rings. The Morgan fingerprint density at radius 3 is 1.46 bits per heavy atom. The summed E-state index contributed by atoms with van der Waals surface area (Å²) in [4.78, 5) is 231. The highest BCUT2D eigenvalue weighted by Crippen LogP contribution is 2.28. The third-order valence-electron chi connectivity index (χ3n) is 15.5. The molecular weight excluding hydrogens is 1190 g/mol. The van der Waals surface area contributed by atoms with Gasteiger partial charge in [0.1, 0.15) is 48.3 Å². The molecule has 4 aliphatic heterocycles. The topological polar surface area (TPSA) is 507 Å². The fourth-order valence-corrected chi connectivity index (χ4v) is 11.1. The molecule has 0 aromatic rings. The number of hydrogen-bond acceptors (Lipinski definition) is 17. The van der Waals surface area contributed by atoms with E-state index in [-0.39, 0.29) is 76.4 Å². The zero-order chi connectivity index (χ0) is 66.8. The number of rotatable bonds is 24. The lowest BCUT2D eigenvalue weighted by molar-refractivity contribution is -0.147.